The molecule has 156 valence electrons. The first kappa shape index (κ1) is 20.2. The largest absolute Gasteiger partial charge is 0.325 e. The average Bonchev–Trinajstić information content (AvgIpc) is 2.71. The highest BCUT2D eigenvalue weighted by molar-refractivity contribution is 5.92. The molecular formula is C22H24FN5O2. The number of piperazine rings is 1. The number of fused-ring (bicyclic) bond motifs is 1. The molecule has 1 aliphatic rings. The van der Waals surface area contributed by atoms with Crippen LogP contribution in [0.25, 0.3) is 5.65 Å². The van der Waals surface area contributed by atoms with Crippen molar-refractivity contribution in [1.82, 2.24) is 19.2 Å². The molecule has 1 aliphatic heterocycles. The van der Waals surface area contributed by atoms with Crippen molar-refractivity contribution in [3.05, 3.63) is 76.1 Å². The molecule has 1 amide bonds. The van der Waals surface area contributed by atoms with E-state index in [1.54, 1.807) is 22.6 Å². The van der Waals surface area contributed by atoms with Crippen LogP contribution in [0, 0.1) is 12.7 Å². The minimum atomic E-state index is -0.331. The zero-order valence-electron chi connectivity index (χ0n) is 16.8. The van der Waals surface area contributed by atoms with Gasteiger partial charge in [0.25, 0.3) is 5.56 Å². The Labute approximate surface area is 173 Å². The number of anilines is 1. The molecule has 3 heterocycles. The van der Waals surface area contributed by atoms with Gasteiger partial charge in [-0.15, -0.1) is 0 Å². The van der Waals surface area contributed by atoms with E-state index in [0.717, 1.165) is 37.6 Å². The SMILES string of the molecule is Cc1cccc2nc(CN3CCN(CC(=O)Nc4ccc(F)cc4)CC3)cc(=O)n12. The second-order valence-electron chi connectivity index (χ2n) is 7.55. The number of amides is 1. The van der Waals surface area contributed by atoms with E-state index in [0.29, 0.717) is 24.4 Å². The summed E-state index contributed by atoms with van der Waals surface area (Å²) in [5.41, 5.74) is 2.80. The Morgan fingerprint density at radius 3 is 2.50 bits per heavy atom. The summed E-state index contributed by atoms with van der Waals surface area (Å²) in [6, 6.07) is 13.0. The second kappa shape index (κ2) is 8.73. The molecule has 0 aliphatic carbocycles. The van der Waals surface area contributed by atoms with E-state index in [4.69, 9.17) is 0 Å². The number of benzene rings is 1. The fourth-order valence-electron chi connectivity index (χ4n) is 3.72. The molecule has 0 spiro atoms. The smallest absolute Gasteiger partial charge is 0.258 e. The van der Waals surface area contributed by atoms with E-state index in [1.165, 1.54) is 12.1 Å². The van der Waals surface area contributed by atoms with E-state index in [1.807, 2.05) is 25.1 Å². The highest BCUT2D eigenvalue weighted by atomic mass is 19.1. The number of halogens is 1. The predicted octanol–water partition coefficient (Wildman–Crippen LogP) is 1.90. The molecule has 4 rings (SSSR count). The van der Waals surface area contributed by atoms with Crippen LogP contribution in [0.5, 0.6) is 0 Å². The third kappa shape index (κ3) is 4.72. The van der Waals surface area contributed by atoms with Crippen molar-refractivity contribution in [2.24, 2.45) is 0 Å². The summed E-state index contributed by atoms with van der Waals surface area (Å²) in [6.45, 7) is 5.87. The zero-order valence-corrected chi connectivity index (χ0v) is 16.8. The second-order valence-corrected chi connectivity index (χ2v) is 7.55. The quantitative estimate of drug-likeness (QED) is 0.697. The van der Waals surface area contributed by atoms with Crippen LogP contribution in [0.2, 0.25) is 0 Å². The standard InChI is InChI=1S/C22H24FN5O2/c1-16-3-2-4-20-24-19(13-22(30)28(16)20)14-26-9-11-27(12-10-26)15-21(29)25-18-7-5-17(23)6-8-18/h2-8,13H,9-12,14-15H2,1H3,(H,25,29). The number of hydrogen-bond donors (Lipinski definition) is 1. The van der Waals surface area contributed by atoms with Crippen molar-refractivity contribution in [1.29, 1.82) is 0 Å². The number of nitrogens with zero attached hydrogens (tertiary/aromatic N) is 4. The zero-order chi connectivity index (χ0) is 21.1. The van der Waals surface area contributed by atoms with Crippen molar-refractivity contribution in [3.8, 4) is 0 Å². The Balaban J connectivity index is 1.30. The maximum atomic E-state index is 13.0. The number of carbonyl (C=O) groups excluding carboxylic acids is 1. The van der Waals surface area contributed by atoms with Gasteiger partial charge in [-0.3, -0.25) is 23.8 Å². The number of carbonyl (C=O) groups is 1. The number of aryl methyl sites for hydroxylation is 1. The molecule has 1 fully saturated rings. The fraction of sp³-hybridized carbons (Fsp3) is 0.318. The van der Waals surface area contributed by atoms with Gasteiger partial charge in [-0.2, -0.15) is 0 Å². The molecule has 30 heavy (non-hydrogen) atoms. The Kier molecular flexibility index (Phi) is 5.87. The van der Waals surface area contributed by atoms with E-state index in [9.17, 15) is 14.0 Å². The Morgan fingerprint density at radius 2 is 1.77 bits per heavy atom. The molecule has 2 aromatic heterocycles. The number of nitrogens with one attached hydrogen (secondary N) is 1. The van der Waals surface area contributed by atoms with Gasteiger partial charge in [0.05, 0.1) is 12.2 Å². The number of pyridine rings is 1. The van der Waals surface area contributed by atoms with Crippen molar-refractivity contribution in [3.63, 3.8) is 0 Å². The maximum Gasteiger partial charge on any atom is 0.258 e. The molecule has 3 aromatic rings. The third-order valence-electron chi connectivity index (χ3n) is 5.28. The molecule has 0 radical (unpaired) electrons. The van der Waals surface area contributed by atoms with Gasteiger partial charge in [0.1, 0.15) is 11.5 Å². The first-order chi connectivity index (χ1) is 14.5. The molecule has 7 nitrogen and oxygen atoms in total. The van der Waals surface area contributed by atoms with Crippen LogP contribution in [0.3, 0.4) is 0 Å². The lowest BCUT2D eigenvalue weighted by Crippen LogP contribution is -2.48. The van der Waals surface area contributed by atoms with Gasteiger partial charge in [0, 0.05) is 50.2 Å². The van der Waals surface area contributed by atoms with E-state index < -0.39 is 0 Å². The van der Waals surface area contributed by atoms with Gasteiger partial charge in [0.15, 0.2) is 0 Å². The molecule has 8 heteroatoms. The molecule has 0 saturated carbocycles. The van der Waals surface area contributed by atoms with Crippen LogP contribution in [-0.2, 0) is 11.3 Å². The minimum absolute atomic E-state index is 0.0656. The molecule has 0 bridgehead atoms. The van der Waals surface area contributed by atoms with Crippen LogP contribution in [-0.4, -0.2) is 57.8 Å². The van der Waals surface area contributed by atoms with Gasteiger partial charge >= 0.3 is 0 Å². The minimum Gasteiger partial charge on any atom is -0.325 e. The summed E-state index contributed by atoms with van der Waals surface area (Å²) in [6.07, 6.45) is 0. The Morgan fingerprint density at radius 1 is 1.07 bits per heavy atom. The Hall–Kier alpha value is -3.10. The van der Waals surface area contributed by atoms with Gasteiger partial charge in [-0.05, 0) is 43.3 Å². The van der Waals surface area contributed by atoms with Gasteiger partial charge in [-0.25, -0.2) is 9.37 Å². The third-order valence-corrected chi connectivity index (χ3v) is 5.28. The molecule has 1 N–H and O–H groups in total. The van der Waals surface area contributed by atoms with Gasteiger partial charge in [0.2, 0.25) is 5.91 Å². The van der Waals surface area contributed by atoms with Crippen LogP contribution < -0.4 is 10.9 Å². The van der Waals surface area contributed by atoms with Crippen molar-refractivity contribution in [2.75, 3.05) is 38.0 Å². The normalized spacial score (nSPS) is 15.4. The van der Waals surface area contributed by atoms with Crippen molar-refractivity contribution < 1.29 is 9.18 Å². The van der Waals surface area contributed by atoms with E-state index in [2.05, 4.69) is 20.1 Å². The molecular weight excluding hydrogens is 385 g/mol. The van der Waals surface area contributed by atoms with Gasteiger partial charge < -0.3 is 5.32 Å². The molecule has 1 saturated heterocycles. The molecule has 1 aromatic carbocycles. The monoisotopic (exact) mass is 409 g/mol. The van der Waals surface area contributed by atoms with Crippen LogP contribution in [0.4, 0.5) is 10.1 Å². The lowest BCUT2D eigenvalue weighted by Gasteiger charge is -2.34. The number of hydrogen-bond acceptors (Lipinski definition) is 5. The van der Waals surface area contributed by atoms with Crippen LogP contribution in [0.15, 0.2) is 53.3 Å². The highest BCUT2D eigenvalue weighted by Crippen LogP contribution is 2.10. The molecule has 0 atom stereocenters. The summed E-state index contributed by atoms with van der Waals surface area (Å²) in [7, 11) is 0. The number of rotatable bonds is 5. The topological polar surface area (TPSA) is 70.0 Å². The summed E-state index contributed by atoms with van der Waals surface area (Å²) in [4.78, 5) is 33.6. The lowest BCUT2D eigenvalue weighted by atomic mass is 10.2. The summed E-state index contributed by atoms with van der Waals surface area (Å²) < 4.78 is 14.6. The first-order valence-corrected chi connectivity index (χ1v) is 9.96. The van der Waals surface area contributed by atoms with Crippen molar-refractivity contribution in [2.45, 2.75) is 13.5 Å². The maximum absolute atomic E-state index is 13.0. The Bertz CT molecular complexity index is 1100. The summed E-state index contributed by atoms with van der Waals surface area (Å²) in [5, 5.41) is 2.79. The fourth-order valence-corrected chi connectivity index (χ4v) is 3.72. The highest BCUT2D eigenvalue weighted by Gasteiger charge is 2.20. The summed E-state index contributed by atoms with van der Waals surface area (Å²) >= 11 is 0. The summed E-state index contributed by atoms with van der Waals surface area (Å²) in [5.74, 6) is -0.447. The van der Waals surface area contributed by atoms with Crippen molar-refractivity contribution >= 4 is 17.2 Å². The van der Waals surface area contributed by atoms with E-state index >= 15 is 0 Å². The first-order valence-electron chi connectivity index (χ1n) is 9.96. The average molecular weight is 409 g/mol. The lowest BCUT2D eigenvalue weighted by molar-refractivity contribution is -0.117. The van der Waals surface area contributed by atoms with Crippen LogP contribution in [0.1, 0.15) is 11.4 Å². The van der Waals surface area contributed by atoms with Gasteiger partial charge in [-0.1, -0.05) is 6.07 Å². The molecule has 0 unspecified atom stereocenters. The van der Waals surface area contributed by atoms with Crippen LogP contribution >= 0.6 is 0 Å². The predicted molar refractivity (Wildman–Crippen MR) is 113 cm³/mol. The van der Waals surface area contributed by atoms with E-state index in [-0.39, 0.29) is 17.3 Å². The number of aromatic nitrogens is 2.